The van der Waals surface area contributed by atoms with Crippen molar-refractivity contribution >= 4 is 6.08 Å². The quantitative estimate of drug-likeness (QED) is 0.284. The Morgan fingerprint density at radius 1 is 0.824 bits per heavy atom. The summed E-state index contributed by atoms with van der Waals surface area (Å²) < 4.78 is 6.06. The molecule has 0 bridgehead atoms. The van der Waals surface area contributed by atoms with Crippen LogP contribution in [0.1, 0.15) is 100 Å². The van der Waals surface area contributed by atoms with Gasteiger partial charge in [0.1, 0.15) is 5.75 Å². The Morgan fingerprint density at radius 3 is 1.97 bits per heavy atom. The summed E-state index contributed by atoms with van der Waals surface area (Å²) in [5, 5.41) is 10.6. The van der Waals surface area contributed by atoms with Crippen molar-refractivity contribution < 1.29 is 9.84 Å². The fraction of sp³-hybridized carbons (Fsp3) is 0.548. The van der Waals surface area contributed by atoms with Crippen molar-refractivity contribution in [3.63, 3.8) is 0 Å². The third-order valence-electron chi connectivity index (χ3n) is 7.66. The number of benzene rings is 2. The summed E-state index contributed by atoms with van der Waals surface area (Å²) in [7, 11) is 0. The van der Waals surface area contributed by atoms with Crippen LogP contribution < -0.4 is 10.5 Å². The van der Waals surface area contributed by atoms with Crippen molar-refractivity contribution in [2.75, 3.05) is 13.2 Å². The smallest absolute Gasteiger partial charge is 0.122 e. The van der Waals surface area contributed by atoms with Gasteiger partial charge < -0.3 is 15.6 Å². The first-order chi connectivity index (χ1) is 16.3. The molecule has 2 aromatic rings. The van der Waals surface area contributed by atoms with Crippen LogP contribution in [0.2, 0.25) is 0 Å². The van der Waals surface area contributed by atoms with Gasteiger partial charge >= 0.3 is 0 Å². The second kappa shape index (κ2) is 13.1. The first-order valence-corrected chi connectivity index (χ1v) is 13.3. The highest BCUT2D eigenvalue weighted by Gasteiger charge is 2.31. The molecule has 0 fully saturated rings. The molecule has 0 spiro atoms. The molecule has 2 aromatic carbocycles. The molecule has 0 aromatic heterocycles. The fourth-order valence-corrected chi connectivity index (χ4v) is 4.84. The minimum absolute atomic E-state index is 0.0367. The number of rotatable bonds is 14. The zero-order chi connectivity index (χ0) is 25.2. The first kappa shape index (κ1) is 28.1. The number of hydrogen-bond donors (Lipinski definition) is 2. The van der Waals surface area contributed by atoms with Gasteiger partial charge in [0.25, 0.3) is 0 Å². The molecule has 0 aliphatic heterocycles. The van der Waals surface area contributed by atoms with Crippen LogP contribution in [0.5, 0.6) is 5.75 Å². The Bertz CT molecular complexity index is 923. The summed E-state index contributed by atoms with van der Waals surface area (Å²) in [5.74, 6) is 0.980. The number of nitrogens with two attached hydrogens (primary N) is 1. The second-order valence-electron chi connectivity index (χ2n) is 9.68. The number of aliphatic hydroxyl groups is 1. The van der Waals surface area contributed by atoms with Gasteiger partial charge in [0.05, 0.1) is 12.2 Å². The van der Waals surface area contributed by atoms with Crippen molar-refractivity contribution in [2.45, 2.75) is 97.5 Å². The minimum Gasteiger partial charge on any atom is -0.493 e. The lowest BCUT2D eigenvalue weighted by Gasteiger charge is -2.34. The molecule has 3 nitrogen and oxygen atoms in total. The molecule has 0 atom stereocenters. The minimum atomic E-state index is -0.729. The Labute approximate surface area is 208 Å². The van der Waals surface area contributed by atoms with Gasteiger partial charge in [0, 0.05) is 5.41 Å². The molecule has 2 rings (SSSR count). The molecule has 0 aliphatic rings. The van der Waals surface area contributed by atoms with Gasteiger partial charge in [-0.1, -0.05) is 70.2 Å². The van der Waals surface area contributed by atoms with Crippen molar-refractivity contribution in [1.82, 2.24) is 0 Å². The SMILES string of the molecule is CCC(O)(C=Cc1ccc(C(CC)(CC)c2ccc(OCCCCCN)c(C)c2)cc1C)CC. The monoisotopic (exact) mass is 465 g/mol. The van der Waals surface area contributed by atoms with E-state index in [9.17, 15) is 5.11 Å². The number of aryl methyl sites for hydroxylation is 2. The second-order valence-corrected chi connectivity index (χ2v) is 9.68. The summed E-state index contributed by atoms with van der Waals surface area (Å²) in [6.07, 6.45) is 10.8. The summed E-state index contributed by atoms with van der Waals surface area (Å²) in [6.45, 7) is 14.4. The molecule has 0 unspecified atom stereocenters. The highest BCUT2D eigenvalue weighted by atomic mass is 16.5. The maximum absolute atomic E-state index is 10.6. The van der Waals surface area contributed by atoms with Crippen LogP contribution in [0, 0.1) is 13.8 Å². The maximum atomic E-state index is 10.6. The third kappa shape index (κ3) is 6.73. The van der Waals surface area contributed by atoms with Crippen molar-refractivity contribution in [3.05, 3.63) is 70.3 Å². The average molecular weight is 466 g/mol. The van der Waals surface area contributed by atoms with Crippen LogP contribution in [0.4, 0.5) is 0 Å². The predicted molar refractivity (Wildman–Crippen MR) is 147 cm³/mol. The third-order valence-corrected chi connectivity index (χ3v) is 7.66. The van der Waals surface area contributed by atoms with E-state index in [4.69, 9.17) is 10.5 Å². The normalized spacial score (nSPS) is 12.5. The molecular weight excluding hydrogens is 418 g/mol. The number of ether oxygens (including phenoxy) is 1. The zero-order valence-electron chi connectivity index (χ0n) is 22.4. The fourth-order valence-electron chi connectivity index (χ4n) is 4.84. The lowest BCUT2D eigenvalue weighted by molar-refractivity contribution is 0.0836. The summed E-state index contributed by atoms with van der Waals surface area (Å²) in [4.78, 5) is 0. The van der Waals surface area contributed by atoms with E-state index in [1.165, 1.54) is 27.8 Å². The Balaban J connectivity index is 2.31. The van der Waals surface area contributed by atoms with Crippen LogP contribution in [-0.4, -0.2) is 23.9 Å². The lowest BCUT2D eigenvalue weighted by Crippen LogP contribution is -2.26. The molecule has 0 heterocycles. The topological polar surface area (TPSA) is 55.5 Å². The van der Waals surface area contributed by atoms with Crippen LogP contribution in [0.25, 0.3) is 6.08 Å². The summed E-state index contributed by atoms with van der Waals surface area (Å²) >= 11 is 0. The van der Waals surface area contributed by atoms with Gasteiger partial charge in [-0.05, 0) is 99.2 Å². The van der Waals surface area contributed by atoms with E-state index in [0.29, 0.717) is 0 Å². The average Bonchev–Trinajstić information content (AvgIpc) is 2.85. The highest BCUT2D eigenvalue weighted by Crippen LogP contribution is 2.41. The molecule has 0 saturated carbocycles. The van der Waals surface area contributed by atoms with Gasteiger partial charge in [0.15, 0.2) is 0 Å². The number of hydrogen-bond acceptors (Lipinski definition) is 3. The molecular formula is C31H47NO2. The molecule has 0 aliphatic carbocycles. The van der Waals surface area contributed by atoms with E-state index in [0.717, 1.165) is 63.8 Å². The molecule has 34 heavy (non-hydrogen) atoms. The van der Waals surface area contributed by atoms with E-state index in [-0.39, 0.29) is 5.41 Å². The van der Waals surface area contributed by atoms with E-state index in [1.54, 1.807) is 0 Å². The van der Waals surface area contributed by atoms with E-state index in [1.807, 2.05) is 19.9 Å². The largest absolute Gasteiger partial charge is 0.493 e. The first-order valence-electron chi connectivity index (χ1n) is 13.3. The van der Waals surface area contributed by atoms with Gasteiger partial charge in [-0.2, -0.15) is 0 Å². The summed E-state index contributed by atoms with van der Waals surface area (Å²) in [6, 6.07) is 13.5. The van der Waals surface area contributed by atoms with Crippen LogP contribution in [-0.2, 0) is 5.41 Å². The molecule has 3 heteroatoms. The zero-order valence-corrected chi connectivity index (χ0v) is 22.4. The van der Waals surface area contributed by atoms with E-state index >= 15 is 0 Å². The molecule has 0 saturated heterocycles. The van der Waals surface area contributed by atoms with E-state index in [2.05, 4.69) is 70.2 Å². The molecule has 0 amide bonds. The van der Waals surface area contributed by atoms with Gasteiger partial charge in [-0.3, -0.25) is 0 Å². The molecule has 188 valence electrons. The Kier molecular flexibility index (Phi) is 10.9. The molecule has 0 radical (unpaired) electrons. The maximum Gasteiger partial charge on any atom is 0.122 e. The van der Waals surface area contributed by atoms with Crippen molar-refractivity contribution in [1.29, 1.82) is 0 Å². The Hall–Kier alpha value is -2.10. The lowest BCUT2D eigenvalue weighted by atomic mass is 9.70. The van der Waals surface area contributed by atoms with E-state index < -0.39 is 5.60 Å². The highest BCUT2D eigenvalue weighted by molar-refractivity contribution is 5.57. The van der Waals surface area contributed by atoms with Crippen LogP contribution in [0.3, 0.4) is 0 Å². The summed E-state index contributed by atoms with van der Waals surface area (Å²) in [5.41, 5.74) is 11.1. The number of unbranched alkanes of at least 4 members (excludes halogenated alkanes) is 2. The molecule has 3 N–H and O–H groups in total. The van der Waals surface area contributed by atoms with Gasteiger partial charge in [0.2, 0.25) is 0 Å². The van der Waals surface area contributed by atoms with Crippen molar-refractivity contribution in [2.24, 2.45) is 5.73 Å². The van der Waals surface area contributed by atoms with Gasteiger partial charge in [-0.15, -0.1) is 0 Å². The van der Waals surface area contributed by atoms with Crippen molar-refractivity contribution in [3.8, 4) is 5.75 Å². The standard InChI is InChI=1S/C31H47NO2/c1-7-30(33,8-2)19-18-26-14-15-27(22-24(26)5)31(9-3,10-4)28-16-17-29(25(6)23-28)34-21-13-11-12-20-32/h14-19,22-23,33H,7-13,20-21,32H2,1-6H3. The van der Waals surface area contributed by atoms with Crippen LogP contribution in [0.15, 0.2) is 42.5 Å². The van der Waals surface area contributed by atoms with Crippen LogP contribution >= 0.6 is 0 Å². The predicted octanol–water partition coefficient (Wildman–Crippen LogP) is 7.48. The van der Waals surface area contributed by atoms with Gasteiger partial charge in [-0.25, -0.2) is 0 Å². The Morgan fingerprint density at radius 2 is 1.44 bits per heavy atom.